The van der Waals surface area contributed by atoms with Crippen molar-refractivity contribution >= 4 is 21.6 Å². The van der Waals surface area contributed by atoms with E-state index in [9.17, 15) is 17.6 Å². The average Bonchev–Trinajstić information content (AvgIpc) is 2.66. The molecule has 138 valence electrons. The van der Waals surface area contributed by atoms with E-state index in [4.69, 9.17) is 0 Å². The summed E-state index contributed by atoms with van der Waals surface area (Å²) in [4.78, 5) is 13.1. The molecule has 0 N–H and O–H groups in total. The molecule has 0 bridgehead atoms. The molecule has 0 unspecified atom stereocenters. The van der Waals surface area contributed by atoms with E-state index in [1.807, 2.05) is 13.0 Å². The van der Waals surface area contributed by atoms with Crippen LogP contribution in [0, 0.1) is 19.7 Å². The van der Waals surface area contributed by atoms with Gasteiger partial charge in [0.05, 0.1) is 10.6 Å². The van der Waals surface area contributed by atoms with Crippen molar-refractivity contribution in [1.29, 1.82) is 0 Å². The SMILES string of the molecule is Cc1cccc(N(C(=O)c2cccc(F)c2)S(=O)(=O)c2ccccc2)c1C. The molecule has 0 aromatic heterocycles. The van der Waals surface area contributed by atoms with Gasteiger partial charge in [0.25, 0.3) is 15.9 Å². The molecule has 6 heteroatoms. The Morgan fingerprint density at radius 1 is 0.889 bits per heavy atom. The molecule has 3 aromatic rings. The third-order valence-electron chi connectivity index (χ3n) is 4.33. The number of carbonyl (C=O) groups excluding carboxylic acids is 1. The van der Waals surface area contributed by atoms with E-state index in [-0.39, 0.29) is 16.1 Å². The van der Waals surface area contributed by atoms with Gasteiger partial charge in [0, 0.05) is 5.56 Å². The summed E-state index contributed by atoms with van der Waals surface area (Å²) in [5, 5.41) is 0. The number of aryl methyl sites for hydroxylation is 1. The number of sulfonamides is 1. The van der Waals surface area contributed by atoms with E-state index in [2.05, 4.69) is 0 Å². The van der Waals surface area contributed by atoms with Crippen molar-refractivity contribution in [3.8, 4) is 0 Å². The molecule has 1 amide bonds. The second-order valence-electron chi connectivity index (χ2n) is 6.12. The van der Waals surface area contributed by atoms with Gasteiger partial charge in [0.1, 0.15) is 5.82 Å². The molecule has 4 nitrogen and oxygen atoms in total. The van der Waals surface area contributed by atoms with Crippen LogP contribution in [0.3, 0.4) is 0 Å². The normalized spacial score (nSPS) is 11.2. The van der Waals surface area contributed by atoms with Crippen LogP contribution in [0.1, 0.15) is 21.5 Å². The summed E-state index contributed by atoms with van der Waals surface area (Å²) in [6.45, 7) is 3.58. The minimum Gasteiger partial charge on any atom is -0.268 e. The molecule has 0 heterocycles. The summed E-state index contributed by atoms with van der Waals surface area (Å²) in [5.41, 5.74) is 1.69. The topological polar surface area (TPSA) is 54.5 Å². The zero-order chi connectivity index (χ0) is 19.6. The Labute approximate surface area is 157 Å². The van der Waals surface area contributed by atoms with Crippen LogP contribution in [0.4, 0.5) is 10.1 Å². The number of nitrogens with zero attached hydrogens (tertiary/aromatic N) is 1. The molecule has 0 aliphatic rings. The first-order valence-electron chi connectivity index (χ1n) is 8.29. The van der Waals surface area contributed by atoms with Crippen LogP contribution in [0.5, 0.6) is 0 Å². The average molecular weight is 383 g/mol. The molecule has 0 atom stereocenters. The quantitative estimate of drug-likeness (QED) is 0.668. The van der Waals surface area contributed by atoms with Crippen LogP contribution in [-0.2, 0) is 10.0 Å². The fourth-order valence-corrected chi connectivity index (χ4v) is 4.23. The van der Waals surface area contributed by atoms with Gasteiger partial charge < -0.3 is 0 Å². The molecule has 0 spiro atoms. The van der Waals surface area contributed by atoms with Crippen LogP contribution in [0.15, 0.2) is 77.7 Å². The first-order valence-corrected chi connectivity index (χ1v) is 9.73. The minimum absolute atomic E-state index is 0.0179. The van der Waals surface area contributed by atoms with Crippen LogP contribution >= 0.6 is 0 Å². The zero-order valence-electron chi connectivity index (χ0n) is 14.9. The van der Waals surface area contributed by atoms with E-state index in [0.29, 0.717) is 5.56 Å². The number of hydrogen-bond acceptors (Lipinski definition) is 3. The summed E-state index contributed by atoms with van der Waals surface area (Å²) in [7, 11) is -4.19. The number of hydrogen-bond donors (Lipinski definition) is 0. The van der Waals surface area contributed by atoms with Gasteiger partial charge in [-0.05, 0) is 61.4 Å². The Hall–Kier alpha value is -2.99. The van der Waals surface area contributed by atoms with Gasteiger partial charge in [-0.3, -0.25) is 4.79 Å². The molecular formula is C21H18FNO3S. The van der Waals surface area contributed by atoms with Crippen LogP contribution in [0.2, 0.25) is 0 Å². The van der Waals surface area contributed by atoms with E-state index in [1.54, 1.807) is 37.3 Å². The van der Waals surface area contributed by atoms with Crippen LogP contribution < -0.4 is 4.31 Å². The van der Waals surface area contributed by atoms with Gasteiger partial charge in [-0.15, -0.1) is 0 Å². The lowest BCUT2D eigenvalue weighted by molar-refractivity contribution is 0.100. The van der Waals surface area contributed by atoms with Gasteiger partial charge in [-0.2, -0.15) is 4.31 Å². The lowest BCUT2D eigenvalue weighted by Crippen LogP contribution is -2.37. The second kappa shape index (κ2) is 7.32. The molecular weight excluding hydrogens is 365 g/mol. The molecule has 0 aliphatic heterocycles. The fourth-order valence-electron chi connectivity index (χ4n) is 2.74. The van der Waals surface area contributed by atoms with E-state index in [0.717, 1.165) is 15.9 Å². The monoisotopic (exact) mass is 383 g/mol. The Morgan fingerprint density at radius 2 is 1.56 bits per heavy atom. The Kier molecular flexibility index (Phi) is 5.10. The highest BCUT2D eigenvalue weighted by atomic mass is 32.2. The maximum absolute atomic E-state index is 13.6. The highest BCUT2D eigenvalue weighted by Crippen LogP contribution is 2.30. The van der Waals surface area contributed by atoms with E-state index in [1.165, 1.54) is 30.3 Å². The summed E-state index contributed by atoms with van der Waals surface area (Å²) in [6, 6.07) is 17.8. The first-order chi connectivity index (χ1) is 12.8. The highest BCUT2D eigenvalue weighted by Gasteiger charge is 2.33. The van der Waals surface area contributed by atoms with Gasteiger partial charge in [0.15, 0.2) is 0 Å². The van der Waals surface area contributed by atoms with Gasteiger partial charge in [-0.1, -0.05) is 36.4 Å². The maximum Gasteiger partial charge on any atom is 0.272 e. The molecule has 3 rings (SSSR count). The van der Waals surface area contributed by atoms with Gasteiger partial charge >= 0.3 is 0 Å². The standard InChI is InChI=1S/C21H18FNO3S/c1-15-8-6-13-20(16(15)2)23(21(24)17-9-7-10-18(22)14-17)27(25,26)19-11-4-3-5-12-19/h3-14H,1-2H3. The molecule has 3 aromatic carbocycles. The number of carbonyl (C=O) groups is 1. The number of amides is 1. The van der Waals surface area contributed by atoms with Crippen LogP contribution in [0.25, 0.3) is 0 Å². The zero-order valence-corrected chi connectivity index (χ0v) is 15.7. The summed E-state index contributed by atoms with van der Waals surface area (Å²) in [6.07, 6.45) is 0. The smallest absolute Gasteiger partial charge is 0.268 e. The predicted molar refractivity (Wildman–Crippen MR) is 103 cm³/mol. The van der Waals surface area contributed by atoms with Gasteiger partial charge in [-0.25, -0.2) is 12.8 Å². The lowest BCUT2D eigenvalue weighted by Gasteiger charge is -2.25. The van der Waals surface area contributed by atoms with Crippen LogP contribution in [-0.4, -0.2) is 14.3 Å². The van der Waals surface area contributed by atoms with Gasteiger partial charge in [0.2, 0.25) is 0 Å². The number of halogens is 1. The number of benzene rings is 3. The summed E-state index contributed by atoms with van der Waals surface area (Å²) < 4.78 is 41.0. The van der Waals surface area contributed by atoms with Crippen molar-refractivity contribution in [1.82, 2.24) is 0 Å². The van der Waals surface area contributed by atoms with Crippen molar-refractivity contribution in [2.45, 2.75) is 18.7 Å². The van der Waals surface area contributed by atoms with E-state index >= 15 is 0 Å². The summed E-state index contributed by atoms with van der Waals surface area (Å²) in [5.74, 6) is -1.43. The van der Waals surface area contributed by atoms with Crippen molar-refractivity contribution in [3.05, 3.63) is 95.3 Å². The number of anilines is 1. The first kappa shape index (κ1) is 18.8. The second-order valence-corrected chi connectivity index (χ2v) is 7.90. The van der Waals surface area contributed by atoms with Crippen molar-refractivity contribution in [2.75, 3.05) is 4.31 Å². The fraction of sp³-hybridized carbons (Fsp3) is 0.0952. The maximum atomic E-state index is 13.6. The Balaban J connectivity index is 2.24. The van der Waals surface area contributed by atoms with Crippen molar-refractivity contribution in [2.24, 2.45) is 0 Å². The molecule has 0 saturated heterocycles. The predicted octanol–water partition coefficient (Wildman–Crippen LogP) is 4.48. The molecule has 0 fully saturated rings. The lowest BCUT2D eigenvalue weighted by atomic mass is 10.1. The Bertz CT molecular complexity index is 1100. The summed E-state index contributed by atoms with van der Waals surface area (Å²) >= 11 is 0. The number of rotatable bonds is 4. The minimum atomic E-state index is -4.19. The molecule has 0 radical (unpaired) electrons. The largest absolute Gasteiger partial charge is 0.272 e. The van der Waals surface area contributed by atoms with E-state index < -0.39 is 21.7 Å². The van der Waals surface area contributed by atoms with Crippen molar-refractivity contribution < 1.29 is 17.6 Å². The molecule has 0 saturated carbocycles. The highest BCUT2D eigenvalue weighted by molar-refractivity contribution is 7.93. The molecule has 27 heavy (non-hydrogen) atoms. The third-order valence-corrected chi connectivity index (χ3v) is 6.04. The third kappa shape index (κ3) is 3.61. The van der Waals surface area contributed by atoms with Crippen molar-refractivity contribution in [3.63, 3.8) is 0 Å². The molecule has 0 aliphatic carbocycles. The Morgan fingerprint density at radius 3 is 2.22 bits per heavy atom.